The lowest BCUT2D eigenvalue weighted by molar-refractivity contribution is -0.131. The van der Waals surface area contributed by atoms with Gasteiger partial charge in [0.1, 0.15) is 5.75 Å². The molecule has 1 saturated heterocycles. The van der Waals surface area contributed by atoms with Crippen molar-refractivity contribution in [2.45, 2.75) is 30.2 Å². The second kappa shape index (κ2) is 10.2. The van der Waals surface area contributed by atoms with E-state index in [1.165, 1.54) is 11.8 Å². The molecule has 2 amide bonds. The first-order valence-corrected chi connectivity index (χ1v) is 10.5. The maximum Gasteiger partial charge on any atom is 0.230 e. The van der Waals surface area contributed by atoms with Crippen LogP contribution in [-0.4, -0.2) is 48.7 Å². The number of carbonyl (C=O) groups excluding carboxylic acids is 2. The Morgan fingerprint density at radius 1 is 1.07 bits per heavy atom. The standard InChI is InChI=1S/C22H26N2O3S/c1-27-20-10-6-5-7-17(20)15-22(26)24-13-11-18(12-14-24)23-21(25)16-28-19-8-3-2-4-9-19/h2-10,18H,11-16H2,1H3,(H,23,25). The Hall–Kier alpha value is -2.47. The molecule has 2 aromatic carbocycles. The van der Waals surface area contributed by atoms with Crippen LogP contribution in [-0.2, 0) is 16.0 Å². The summed E-state index contributed by atoms with van der Waals surface area (Å²) in [6, 6.07) is 17.7. The summed E-state index contributed by atoms with van der Waals surface area (Å²) < 4.78 is 5.33. The maximum atomic E-state index is 12.6. The molecule has 1 aliphatic rings. The van der Waals surface area contributed by atoms with E-state index in [1.54, 1.807) is 7.11 Å². The molecule has 1 N–H and O–H groups in total. The van der Waals surface area contributed by atoms with Gasteiger partial charge in [0.15, 0.2) is 0 Å². The van der Waals surface area contributed by atoms with Gasteiger partial charge in [-0.25, -0.2) is 0 Å². The first kappa shape index (κ1) is 20.3. The predicted octanol–water partition coefficient (Wildman–Crippen LogP) is 3.14. The molecule has 28 heavy (non-hydrogen) atoms. The average Bonchev–Trinajstić information content (AvgIpc) is 2.74. The average molecular weight is 399 g/mol. The van der Waals surface area contributed by atoms with Crippen LogP contribution in [0.1, 0.15) is 18.4 Å². The number of nitrogens with one attached hydrogen (secondary N) is 1. The van der Waals surface area contributed by atoms with Gasteiger partial charge in [0.05, 0.1) is 19.3 Å². The molecule has 1 heterocycles. The van der Waals surface area contributed by atoms with Crippen LogP contribution in [0.25, 0.3) is 0 Å². The fraction of sp³-hybridized carbons (Fsp3) is 0.364. The van der Waals surface area contributed by atoms with E-state index in [-0.39, 0.29) is 17.9 Å². The maximum absolute atomic E-state index is 12.6. The van der Waals surface area contributed by atoms with E-state index in [1.807, 2.05) is 59.5 Å². The number of likely N-dealkylation sites (tertiary alicyclic amines) is 1. The third kappa shape index (κ3) is 5.76. The van der Waals surface area contributed by atoms with Crippen LogP contribution < -0.4 is 10.1 Å². The molecule has 5 nitrogen and oxygen atoms in total. The van der Waals surface area contributed by atoms with E-state index in [4.69, 9.17) is 4.74 Å². The summed E-state index contributed by atoms with van der Waals surface area (Å²) in [5.41, 5.74) is 0.906. The molecule has 2 aromatic rings. The van der Waals surface area contributed by atoms with E-state index in [9.17, 15) is 9.59 Å². The van der Waals surface area contributed by atoms with Crippen molar-refractivity contribution in [2.75, 3.05) is 26.0 Å². The van der Waals surface area contributed by atoms with E-state index < -0.39 is 0 Å². The van der Waals surface area contributed by atoms with Crippen molar-refractivity contribution in [3.63, 3.8) is 0 Å². The Balaban J connectivity index is 1.41. The van der Waals surface area contributed by atoms with E-state index in [0.717, 1.165) is 29.1 Å². The highest BCUT2D eigenvalue weighted by atomic mass is 32.2. The monoisotopic (exact) mass is 398 g/mol. The molecule has 0 aliphatic carbocycles. The zero-order chi connectivity index (χ0) is 19.8. The van der Waals surface area contributed by atoms with Gasteiger partial charge < -0.3 is 15.0 Å². The smallest absolute Gasteiger partial charge is 0.230 e. The Morgan fingerprint density at radius 2 is 1.75 bits per heavy atom. The molecule has 1 fully saturated rings. The van der Waals surface area contributed by atoms with E-state index >= 15 is 0 Å². The second-order valence-corrected chi connectivity index (χ2v) is 7.86. The fourth-order valence-electron chi connectivity index (χ4n) is 3.33. The number of benzene rings is 2. The minimum Gasteiger partial charge on any atom is -0.496 e. The molecule has 6 heteroatoms. The Kier molecular flexibility index (Phi) is 7.37. The molecule has 0 bridgehead atoms. The molecule has 0 spiro atoms. The van der Waals surface area contributed by atoms with Crippen LogP contribution in [0, 0.1) is 0 Å². The number of hydrogen-bond donors (Lipinski definition) is 1. The zero-order valence-electron chi connectivity index (χ0n) is 16.1. The quantitative estimate of drug-likeness (QED) is 0.728. The van der Waals surface area contributed by atoms with Crippen LogP contribution in [0.2, 0.25) is 0 Å². The highest BCUT2D eigenvalue weighted by molar-refractivity contribution is 8.00. The molecule has 0 atom stereocenters. The van der Waals surface area contributed by atoms with Crippen LogP contribution in [0.5, 0.6) is 5.75 Å². The summed E-state index contributed by atoms with van der Waals surface area (Å²) in [4.78, 5) is 27.8. The third-order valence-electron chi connectivity index (χ3n) is 4.86. The van der Waals surface area contributed by atoms with Crippen molar-refractivity contribution in [1.82, 2.24) is 10.2 Å². The van der Waals surface area contributed by atoms with Gasteiger partial charge in [-0.05, 0) is 31.0 Å². The molecule has 0 saturated carbocycles. The van der Waals surface area contributed by atoms with Gasteiger partial charge in [0, 0.05) is 29.6 Å². The minimum atomic E-state index is 0.0488. The molecule has 1 aliphatic heterocycles. The van der Waals surface area contributed by atoms with Gasteiger partial charge in [-0.3, -0.25) is 9.59 Å². The molecule has 3 rings (SSSR count). The molecular formula is C22H26N2O3S. The van der Waals surface area contributed by atoms with Crippen molar-refractivity contribution in [3.05, 3.63) is 60.2 Å². The molecule has 0 aromatic heterocycles. The van der Waals surface area contributed by atoms with Crippen molar-refractivity contribution < 1.29 is 14.3 Å². The van der Waals surface area contributed by atoms with Crippen molar-refractivity contribution >= 4 is 23.6 Å². The number of carbonyl (C=O) groups is 2. The summed E-state index contributed by atoms with van der Waals surface area (Å²) in [5.74, 6) is 1.31. The van der Waals surface area contributed by atoms with Gasteiger partial charge in [-0.15, -0.1) is 11.8 Å². The zero-order valence-corrected chi connectivity index (χ0v) is 16.9. The number of thioether (sulfide) groups is 1. The summed E-state index contributed by atoms with van der Waals surface area (Å²) in [6.45, 7) is 1.34. The first-order chi connectivity index (χ1) is 13.7. The lowest BCUT2D eigenvalue weighted by Crippen LogP contribution is -2.47. The van der Waals surface area contributed by atoms with Gasteiger partial charge in [-0.1, -0.05) is 36.4 Å². The van der Waals surface area contributed by atoms with Gasteiger partial charge in [0.25, 0.3) is 0 Å². The van der Waals surface area contributed by atoms with Gasteiger partial charge >= 0.3 is 0 Å². The van der Waals surface area contributed by atoms with Crippen molar-refractivity contribution in [1.29, 1.82) is 0 Å². The molecule has 0 radical (unpaired) electrons. The van der Waals surface area contributed by atoms with Gasteiger partial charge in [-0.2, -0.15) is 0 Å². The Morgan fingerprint density at radius 3 is 2.46 bits per heavy atom. The van der Waals surface area contributed by atoms with Gasteiger partial charge in [0.2, 0.25) is 11.8 Å². The predicted molar refractivity (Wildman–Crippen MR) is 112 cm³/mol. The molecule has 0 unspecified atom stereocenters. The summed E-state index contributed by atoms with van der Waals surface area (Å²) >= 11 is 1.54. The minimum absolute atomic E-state index is 0.0488. The molecule has 148 valence electrons. The highest BCUT2D eigenvalue weighted by Crippen LogP contribution is 2.20. The lowest BCUT2D eigenvalue weighted by atomic mass is 10.0. The number of ether oxygens (including phenoxy) is 1. The van der Waals surface area contributed by atoms with Crippen LogP contribution in [0.3, 0.4) is 0 Å². The topological polar surface area (TPSA) is 58.6 Å². The Bertz CT molecular complexity index is 789. The van der Waals surface area contributed by atoms with Crippen LogP contribution >= 0.6 is 11.8 Å². The van der Waals surface area contributed by atoms with E-state index in [2.05, 4.69) is 5.32 Å². The number of hydrogen-bond acceptors (Lipinski definition) is 4. The lowest BCUT2D eigenvalue weighted by Gasteiger charge is -2.32. The number of piperidine rings is 1. The normalized spacial score (nSPS) is 14.5. The first-order valence-electron chi connectivity index (χ1n) is 9.52. The number of para-hydroxylation sites is 1. The molecular weight excluding hydrogens is 372 g/mol. The van der Waals surface area contributed by atoms with E-state index in [0.29, 0.717) is 25.3 Å². The second-order valence-electron chi connectivity index (χ2n) is 6.81. The van der Waals surface area contributed by atoms with Crippen molar-refractivity contribution in [2.24, 2.45) is 0 Å². The highest BCUT2D eigenvalue weighted by Gasteiger charge is 2.24. The summed E-state index contributed by atoms with van der Waals surface area (Å²) in [7, 11) is 1.62. The largest absolute Gasteiger partial charge is 0.496 e. The summed E-state index contributed by atoms with van der Waals surface area (Å²) in [6.07, 6.45) is 1.92. The van der Waals surface area contributed by atoms with Crippen LogP contribution in [0.15, 0.2) is 59.5 Å². The number of methoxy groups -OCH3 is 1. The van der Waals surface area contributed by atoms with Crippen LogP contribution in [0.4, 0.5) is 0 Å². The van der Waals surface area contributed by atoms with Crippen molar-refractivity contribution in [3.8, 4) is 5.75 Å². The number of amides is 2. The number of rotatable bonds is 7. The fourth-order valence-corrected chi connectivity index (χ4v) is 4.06. The number of nitrogens with zero attached hydrogens (tertiary/aromatic N) is 1. The SMILES string of the molecule is COc1ccccc1CC(=O)N1CCC(NC(=O)CSc2ccccc2)CC1. The third-order valence-corrected chi connectivity index (χ3v) is 5.87. The summed E-state index contributed by atoms with van der Waals surface area (Å²) in [5, 5.41) is 3.10. The Labute approximate surface area is 170 Å².